The Kier molecular flexibility index (Phi) is 4.57. The van der Waals surface area contributed by atoms with Crippen molar-refractivity contribution in [3.63, 3.8) is 0 Å². The van der Waals surface area contributed by atoms with Crippen molar-refractivity contribution in [1.29, 1.82) is 0 Å². The van der Waals surface area contributed by atoms with E-state index in [-0.39, 0.29) is 29.2 Å². The summed E-state index contributed by atoms with van der Waals surface area (Å²) >= 11 is 6.05. The number of aromatic nitrogens is 1. The van der Waals surface area contributed by atoms with Crippen LogP contribution >= 0.6 is 11.6 Å². The summed E-state index contributed by atoms with van der Waals surface area (Å²) in [7, 11) is 0. The summed E-state index contributed by atoms with van der Waals surface area (Å²) in [4.78, 5) is 28.3. The number of pyridine rings is 1. The zero-order valence-electron chi connectivity index (χ0n) is 12.4. The molecule has 1 saturated carbocycles. The molecular formula is C17H16ClN3O2. The van der Waals surface area contributed by atoms with Crippen LogP contribution in [0.25, 0.3) is 0 Å². The zero-order chi connectivity index (χ0) is 16.2. The van der Waals surface area contributed by atoms with Gasteiger partial charge in [0.2, 0.25) is 0 Å². The second-order valence-electron chi connectivity index (χ2n) is 5.43. The quantitative estimate of drug-likeness (QED) is 0.885. The number of hydrogen-bond acceptors (Lipinski definition) is 3. The molecule has 0 spiro atoms. The van der Waals surface area contributed by atoms with E-state index < -0.39 is 0 Å². The molecule has 2 amide bonds. The Morgan fingerprint density at radius 1 is 1.04 bits per heavy atom. The van der Waals surface area contributed by atoms with Crippen molar-refractivity contribution >= 4 is 23.4 Å². The van der Waals surface area contributed by atoms with E-state index in [0.717, 1.165) is 18.4 Å². The number of benzene rings is 1. The molecule has 1 heterocycles. The Morgan fingerprint density at radius 3 is 2.43 bits per heavy atom. The van der Waals surface area contributed by atoms with Crippen LogP contribution in [0.1, 0.15) is 39.4 Å². The summed E-state index contributed by atoms with van der Waals surface area (Å²) < 4.78 is 0. The minimum absolute atomic E-state index is 0.209. The molecular weight excluding hydrogens is 314 g/mol. The largest absolute Gasteiger partial charge is 0.348 e. The molecule has 0 radical (unpaired) electrons. The molecule has 1 fully saturated rings. The number of hydrogen-bond donors (Lipinski definition) is 2. The van der Waals surface area contributed by atoms with E-state index in [2.05, 4.69) is 15.6 Å². The molecule has 1 aliphatic carbocycles. The topological polar surface area (TPSA) is 71.1 Å². The van der Waals surface area contributed by atoms with Crippen LogP contribution in [0.2, 0.25) is 5.02 Å². The highest BCUT2D eigenvalue weighted by Gasteiger charge is 2.24. The van der Waals surface area contributed by atoms with Gasteiger partial charge in [0.1, 0.15) is 11.4 Å². The molecule has 1 aliphatic rings. The molecule has 0 aliphatic heterocycles. The average Bonchev–Trinajstić information content (AvgIpc) is 3.38. The molecule has 5 nitrogen and oxygen atoms in total. The molecule has 2 aromatic rings. The first kappa shape index (κ1) is 15.5. The highest BCUT2D eigenvalue weighted by Crippen LogP contribution is 2.19. The van der Waals surface area contributed by atoms with Crippen LogP contribution in [0.4, 0.5) is 0 Å². The van der Waals surface area contributed by atoms with Gasteiger partial charge in [0, 0.05) is 17.6 Å². The Balaban J connectivity index is 1.65. The summed E-state index contributed by atoms with van der Waals surface area (Å²) in [6.45, 7) is 0.304. The second kappa shape index (κ2) is 6.79. The van der Waals surface area contributed by atoms with Crippen LogP contribution in [0.15, 0.2) is 42.5 Å². The van der Waals surface area contributed by atoms with Gasteiger partial charge in [0.15, 0.2) is 0 Å². The third kappa shape index (κ3) is 4.07. The average molecular weight is 330 g/mol. The fourth-order valence-electron chi connectivity index (χ4n) is 2.08. The molecule has 6 heteroatoms. The molecule has 0 atom stereocenters. The van der Waals surface area contributed by atoms with E-state index >= 15 is 0 Å². The van der Waals surface area contributed by atoms with E-state index in [1.165, 1.54) is 0 Å². The van der Waals surface area contributed by atoms with E-state index in [1.54, 1.807) is 24.3 Å². The van der Waals surface area contributed by atoms with Crippen LogP contribution < -0.4 is 10.6 Å². The Labute approximate surface area is 139 Å². The van der Waals surface area contributed by atoms with Gasteiger partial charge in [-0.3, -0.25) is 9.59 Å². The maximum absolute atomic E-state index is 12.2. The molecule has 2 N–H and O–H groups in total. The number of rotatable bonds is 5. The molecule has 0 unspecified atom stereocenters. The summed E-state index contributed by atoms with van der Waals surface area (Å²) in [5.41, 5.74) is 1.29. The molecule has 23 heavy (non-hydrogen) atoms. The lowest BCUT2D eigenvalue weighted by Crippen LogP contribution is -2.28. The van der Waals surface area contributed by atoms with Gasteiger partial charge in [-0.2, -0.15) is 0 Å². The highest BCUT2D eigenvalue weighted by atomic mass is 35.5. The minimum Gasteiger partial charge on any atom is -0.348 e. The molecule has 1 aromatic carbocycles. The summed E-state index contributed by atoms with van der Waals surface area (Å²) in [5, 5.41) is 6.20. The lowest BCUT2D eigenvalue weighted by atomic mass is 10.2. The molecule has 0 bridgehead atoms. The number of carbonyl (C=O) groups excluding carboxylic acids is 2. The standard InChI is InChI=1S/C17H16ClN3O2/c18-13-5-2-1-4-11(13)10-19-16(22)14-6-3-7-15(21-14)17(23)20-12-8-9-12/h1-7,12H,8-10H2,(H,19,22)(H,20,23). The van der Waals surface area contributed by atoms with E-state index in [1.807, 2.05) is 18.2 Å². The van der Waals surface area contributed by atoms with Gasteiger partial charge in [-0.15, -0.1) is 0 Å². The van der Waals surface area contributed by atoms with Crippen LogP contribution in [-0.2, 0) is 6.54 Å². The van der Waals surface area contributed by atoms with E-state index in [9.17, 15) is 9.59 Å². The number of halogens is 1. The lowest BCUT2D eigenvalue weighted by molar-refractivity contribution is 0.0942. The number of nitrogens with zero attached hydrogens (tertiary/aromatic N) is 1. The summed E-state index contributed by atoms with van der Waals surface area (Å²) in [6.07, 6.45) is 2.01. The number of amides is 2. The van der Waals surface area contributed by atoms with Gasteiger partial charge < -0.3 is 10.6 Å². The highest BCUT2D eigenvalue weighted by molar-refractivity contribution is 6.31. The van der Waals surface area contributed by atoms with E-state index in [4.69, 9.17) is 11.6 Å². The fourth-order valence-corrected chi connectivity index (χ4v) is 2.29. The van der Waals surface area contributed by atoms with Crippen molar-refractivity contribution in [2.75, 3.05) is 0 Å². The Bertz CT molecular complexity index is 744. The van der Waals surface area contributed by atoms with Crippen molar-refractivity contribution in [1.82, 2.24) is 15.6 Å². The Morgan fingerprint density at radius 2 is 1.74 bits per heavy atom. The van der Waals surface area contributed by atoms with Crippen molar-refractivity contribution < 1.29 is 9.59 Å². The SMILES string of the molecule is O=C(NCc1ccccc1Cl)c1cccc(C(=O)NC2CC2)n1. The molecule has 0 saturated heterocycles. The number of carbonyl (C=O) groups is 2. The fraction of sp³-hybridized carbons (Fsp3) is 0.235. The van der Waals surface area contributed by atoms with Crippen molar-refractivity contribution in [2.24, 2.45) is 0 Å². The normalized spacial score (nSPS) is 13.4. The van der Waals surface area contributed by atoms with Gasteiger partial charge in [0.05, 0.1) is 0 Å². The summed E-state index contributed by atoms with van der Waals surface area (Å²) in [6, 6.07) is 12.4. The molecule has 3 rings (SSSR count). The monoisotopic (exact) mass is 329 g/mol. The van der Waals surface area contributed by atoms with Crippen LogP contribution in [-0.4, -0.2) is 22.8 Å². The number of nitrogens with one attached hydrogen (secondary N) is 2. The predicted molar refractivity (Wildman–Crippen MR) is 87.3 cm³/mol. The second-order valence-corrected chi connectivity index (χ2v) is 5.84. The third-order valence-electron chi connectivity index (χ3n) is 3.52. The lowest BCUT2D eigenvalue weighted by Gasteiger charge is -2.08. The first-order valence-electron chi connectivity index (χ1n) is 7.43. The van der Waals surface area contributed by atoms with Crippen LogP contribution in [0.3, 0.4) is 0 Å². The smallest absolute Gasteiger partial charge is 0.270 e. The minimum atomic E-state index is -0.342. The summed E-state index contributed by atoms with van der Waals surface area (Å²) in [5.74, 6) is -0.584. The molecule has 1 aromatic heterocycles. The van der Waals surface area contributed by atoms with Crippen molar-refractivity contribution in [3.05, 3.63) is 64.4 Å². The van der Waals surface area contributed by atoms with E-state index in [0.29, 0.717) is 11.6 Å². The maximum Gasteiger partial charge on any atom is 0.270 e. The first-order valence-corrected chi connectivity index (χ1v) is 7.81. The van der Waals surface area contributed by atoms with Gasteiger partial charge in [-0.1, -0.05) is 35.9 Å². The van der Waals surface area contributed by atoms with Gasteiger partial charge >= 0.3 is 0 Å². The van der Waals surface area contributed by atoms with Crippen LogP contribution in [0, 0.1) is 0 Å². The van der Waals surface area contributed by atoms with Crippen molar-refractivity contribution in [3.8, 4) is 0 Å². The zero-order valence-corrected chi connectivity index (χ0v) is 13.1. The van der Waals surface area contributed by atoms with Crippen molar-refractivity contribution in [2.45, 2.75) is 25.4 Å². The van der Waals surface area contributed by atoms with Crippen LogP contribution in [0.5, 0.6) is 0 Å². The predicted octanol–water partition coefficient (Wildman–Crippen LogP) is 2.56. The van der Waals surface area contributed by atoms with Gasteiger partial charge in [-0.25, -0.2) is 4.98 Å². The van der Waals surface area contributed by atoms with Gasteiger partial charge in [-0.05, 0) is 36.6 Å². The molecule has 118 valence electrons. The first-order chi connectivity index (χ1) is 11.1. The third-order valence-corrected chi connectivity index (χ3v) is 3.89. The van der Waals surface area contributed by atoms with Gasteiger partial charge in [0.25, 0.3) is 11.8 Å². The maximum atomic E-state index is 12.2. The Hall–Kier alpha value is -2.40.